The van der Waals surface area contributed by atoms with Crippen LogP contribution in [0.15, 0.2) is 52.3 Å². The maximum atomic E-state index is 12.8. The van der Waals surface area contributed by atoms with Crippen LogP contribution in [-0.4, -0.2) is 44.3 Å². The van der Waals surface area contributed by atoms with Gasteiger partial charge in [-0.1, -0.05) is 6.92 Å². The molecule has 0 saturated heterocycles. The van der Waals surface area contributed by atoms with E-state index in [-0.39, 0.29) is 28.9 Å². The van der Waals surface area contributed by atoms with Gasteiger partial charge >= 0.3 is 5.97 Å². The predicted molar refractivity (Wildman–Crippen MR) is 118 cm³/mol. The number of thioether (sulfide) groups is 1. The fourth-order valence-corrected chi connectivity index (χ4v) is 5.29. The van der Waals surface area contributed by atoms with Gasteiger partial charge < -0.3 is 15.4 Å². The van der Waals surface area contributed by atoms with E-state index in [2.05, 4.69) is 10.6 Å². The zero-order valence-corrected chi connectivity index (χ0v) is 18.6. The number of rotatable bonds is 7. The Hall–Kier alpha value is -2.85. The first-order chi connectivity index (χ1) is 14.7. The Morgan fingerprint density at radius 1 is 1.19 bits per heavy atom. The van der Waals surface area contributed by atoms with E-state index >= 15 is 0 Å². The molecule has 31 heavy (non-hydrogen) atoms. The van der Waals surface area contributed by atoms with Gasteiger partial charge in [0.05, 0.1) is 34.3 Å². The van der Waals surface area contributed by atoms with Crippen molar-refractivity contribution in [2.45, 2.75) is 23.6 Å². The van der Waals surface area contributed by atoms with Gasteiger partial charge in [0.2, 0.25) is 11.8 Å². The fraction of sp³-hybridized carbons (Fsp3) is 0.286. The number of benzene rings is 2. The summed E-state index contributed by atoms with van der Waals surface area (Å²) < 4.78 is 30.5. The monoisotopic (exact) mass is 462 g/mol. The lowest BCUT2D eigenvalue weighted by molar-refractivity contribution is -0.118. The van der Waals surface area contributed by atoms with Crippen LogP contribution in [0.5, 0.6) is 0 Å². The number of esters is 1. The van der Waals surface area contributed by atoms with Crippen LogP contribution in [0.25, 0.3) is 0 Å². The summed E-state index contributed by atoms with van der Waals surface area (Å²) in [5.74, 6) is -2.03. The zero-order chi connectivity index (χ0) is 22.6. The highest BCUT2D eigenvalue weighted by Gasteiger charge is 2.25. The molecule has 164 valence electrons. The number of amides is 2. The maximum Gasteiger partial charge on any atom is 0.338 e. The highest BCUT2D eigenvalue weighted by atomic mass is 32.2. The second-order valence-corrected chi connectivity index (χ2v) is 10.0. The van der Waals surface area contributed by atoms with Gasteiger partial charge in [0, 0.05) is 16.5 Å². The molecule has 10 heteroatoms. The number of anilines is 2. The molecule has 0 saturated carbocycles. The number of sulfone groups is 1. The molecule has 0 radical (unpaired) electrons. The lowest BCUT2D eigenvalue weighted by Crippen LogP contribution is -2.27. The van der Waals surface area contributed by atoms with Crippen LogP contribution >= 0.6 is 11.8 Å². The molecule has 1 aliphatic rings. The van der Waals surface area contributed by atoms with Gasteiger partial charge in [0.1, 0.15) is 0 Å². The van der Waals surface area contributed by atoms with Gasteiger partial charge in [0.15, 0.2) is 9.84 Å². The van der Waals surface area contributed by atoms with E-state index in [1.54, 1.807) is 25.1 Å². The number of carbonyl (C=O) groups is 3. The molecule has 2 amide bonds. The Morgan fingerprint density at radius 3 is 2.58 bits per heavy atom. The summed E-state index contributed by atoms with van der Waals surface area (Å²) in [4.78, 5) is 36.6. The number of fused-ring (bicyclic) bond motifs is 1. The molecule has 2 aromatic carbocycles. The van der Waals surface area contributed by atoms with E-state index in [9.17, 15) is 22.8 Å². The summed E-state index contributed by atoms with van der Waals surface area (Å²) in [7, 11) is -3.75. The van der Waals surface area contributed by atoms with Crippen molar-refractivity contribution in [1.29, 1.82) is 0 Å². The minimum Gasteiger partial charge on any atom is -0.462 e. The Balaban J connectivity index is 1.65. The lowest BCUT2D eigenvalue weighted by Gasteiger charge is -2.18. The molecule has 2 aromatic rings. The molecule has 0 unspecified atom stereocenters. The number of hydrogen-bond donors (Lipinski definition) is 2. The third-order valence-electron chi connectivity index (χ3n) is 4.52. The van der Waals surface area contributed by atoms with Crippen molar-refractivity contribution in [1.82, 2.24) is 0 Å². The van der Waals surface area contributed by atoms with Gasteiger partial charge in [0.25, 0.3) is 0 Å². The van der Waals surface area contributed by atoms with Gasteiger partial charge in [-0.05, 0) is 49.4 Å². The number of nitrogens with one attached hydrogen (secondary N) is 2. The second-order valence-electron chi connectivity index (χ2n) is 6.96. The summed E-state index contributed by atoms with van der Waals surface area (Å²) in [5.41, 5.74) is 1.25. The van der Waals surface area contributed by atoms with E-state index in [1.807, 2.05) is 0 Å². The Kier molecular flexibility index (Phi) is 7.01. The standard InChI is InChI=1S/C21H22N2O6S2/c1-3-29-21(26)14-4-6-15(7-5-14)22-20(25)13(2)12-31(27,28)16-8-9-18-17(10-16)23-19(24)11-30-18/h4-10,13H,3,11-12H2,1-2H3,(H,22,25)(H,23,24)/t13-/m1/s1. The van der Waals surface area contributed by atoms with Crippen LogP contribution in [0.2, 0.25) is 0 Å². The van der Waals surface area contributed by atoms with Crippen molar-refractivity contribution in [3.8, 4) is 0 Å². The van der Waals surface area contributed by atoms with E-state index in [0.29, 0.717) is 16.9 Å². The largest absolute Gasteiger partial charge is 0.462 e. The minimum atomic E-state index is -3.75. The molecule has 2 N–H and O–H groups in total. The molecule has 1 heterocycles. The average Bonchev–Trinajstić information content (AvgIpc) is 2.73. The Morgan fingerprint density at radius 2 is 1.90 bits per heavy atom. The first-order valence-electron chi connectivity index (χ1n) is 9.57. The Labute approximate surface area is 184 Å². The number of ether oxygens (including phenoxy) is 1. The van der Waals surface area contributed by atoms with Crippen LogP contribution in [0.3, 0.4) is 0 Å². The van der Waals surface area contributed by atoms with E-state index < -0.39 is 27.6 Å². The molecule has 1 aliphatic heterocycles. The first kappa shape index (κ1) is 22.8. The predicted octanol–water partition coefficient (Wildman–Crippen LogP) is 2.96. The van der Waals surface area contributed by atoms with Crippen molar-refractivity contribution >= 4 is 50.8 Å². The van der Waals surface area contributed by atoms with Gasteiger partial charge in [-0.15, -0.1) is 11.8 Å². The van der Waals surface area contributed by atoms with Crippen molar-refractivity contribution in [3.63, 3.8) is 0 Å². The van der Waals surface area contributed by atoms with Crippen molar-refractivity contribution < 1.29 is 27.5 Å². The molecule has 0 fully saturated rings. The average molecular weight is 463 g/mol. The smallest absolute Gasteiger partial charge is 0.338 e. The first-order valence-corrected chi connectivity index (χ1v) is 12.2. The molecule has 0 aliphatic carbocycles. The van der Waals surface area contributed by atoms with Crippen molar-refractivity contribution in [2.24, 2.45) is 5.92 Å². The van der Waals surface area contributed by atoms with Crippen LogP contribution in [0.1, 0.15) is 24.2 Å². The van der Waals surface area contributed by atoms with Crippen LogP contribution in [0, 0.1) is 5.92 Å². The summed E-state index contributed by atoms with van der Waals surface area (Å²) in [6, 6.07) is 10.7. The quantitative estimate of drug-likeness (QED) is 0.607. The van der Waals surface area contributed by atoms with Crippen molar-refractivity contribution in [2.75, 3.05) is 28.7 Å². The lowest BCUT2D eigenvalue weighted by atomic mass is 10.1. The molecular weight excluding hydrogens is 440 g/mol. The van der Waals surface area contributed by atoms with E-state index in [1.165, 1.54) is 43.0 Å². The molecule has 0 aromatic heterocycles. The highest BCUT2D eigenvalue weighted by Crippen LogP contribution is 2.33. The molecule has 8 nitrogen and oxygen atoms in total. The van der Waals surface area contributed by atoms with Gasteiger partial charge in [-0.3, -0.25) is 9.59 Å². The highest BCUT2D eigenvalue weighted by molar-refractivity contribution is 8.00. The molecule has 0 bridgehead atoms. The van der Waals surface area contributed by atoms with Crippen LogP contribution < -0.4 is 10.6 Å². The molecular formula is C21H22N2O6S2. The Bertz CT molecular complexity index is 1110. The normalized spacial score (nSPS) is 14.2. The molecule has 3 rings (SSSR count). The minimum absolute atomic E-state index is 0.0486. The SMILES string of the molecule is CCOC(=O)c1ccc(NC(=O)[C@H](C)CS(=O)(=O)c2ccc3c(c2)NC(=O)CS3)cc1. The number of hydrogen-bond acceptors (Lipinski definition) is 7. The van der Waals surface area contributed by atoms with E-state index in [4.69, 9.17) is 4.74 Å². The summed E-state index contributed by atoms with van der Waals surface area (Å²) in [6.07, 6.45) is 0. The fourth-order valence-electron chi connectivity index (χ4n) is 2.93. The summed E-state index contributed by atoms with van der Waals surface area (Å²) >= 11 is 1.34. The zero-order valence-electron chi connectivity index (χ0n) is 17.0. The number of carbonyl (C=O) groups excluding carboxylic acids is 3. The topological polar surface area (TPSA) is 119 Å². The van der Waals surface area contributed by atoms with E-state index in [0.717, 1.165) is 4.90 Å². The van der Waals surface area contributed by atoms with Crippen LogP contribution in [-0.2, 0) is 24.2 Å². The van der Waals surface area contributed by atoms with Crippen LogP contribution in [0.4, 0.5) is 11.4 Å². The van der Waals surface area contributed by atoms with Gasteiger partial charge in [-0.2, -0.15) is 0 Å². The second kappa shape index (κ2) is 9.52. The third kappa shape index (κ3) is 5.65. The van der Waals surface area contributed by atoms with Gasteiger partial charge in [-0.25, -0.2) is 13.2 Å². The molecule has 1 atom stereocenters. The molecule has 0 spiro atoms. The summed E-state index contributed by atoms with van der Waals surface area (Å²) in [6.45, 7) is 3.50. The third-order valence-corrected chi connectivity index (χ3v) is 7.51. The summed E-state index contributed by atoms with van der Waals surface area (Å²) in [5, 5.41) is 5.32. The maximum absolute atomic E-state index is 12.8. The van der Waals surface area contributed by atoms with Crippen molar-refractivity contribution in [3.05, 3.63) is 48.0 Å².